The standard InChI is InChI=1S/C21H29N5O2/c1-14(2)11-17-12-19(25-21(22)24-17)20(27)26-10-4-5-16(13-26)23-15-6-8-18(28-3)9-7-15/h6-9,12,14,16,23H,4-5,10-11,13H2,1-3H3,(H2,22,24,25)/t16-/m0/s1. The van der Waals surface area contributed by atoms with Crippen LogP contribution in [-0.2, 0) is 6.42 Å². The van der Waals surface area contributed by atoms with Gasteiger partial charge in [0, 0.05) is 30.5 Å². The average Bonchev–Trinajstić information content (AvgIpc) is 2.67. The first-order valence-electron chi connectivity index (χ1n) is 9.78. The van der Waals surface area contributed by atoms with Crippen LogP contribution in [0.2, 0.25) is 0 Å². The first-order chi connectivity index (χ1) is 13.4. The zero-order chi connectivity index (χ0) is 20.1. The number of hydrogen-bond acceptors (Lipinski definition) is 6. The lowest BCUT2D eigenvalue weighted by molar-refractivity contribution is 0.0708. The lowest BCUT2D eigenvalue weighted by Crippen LogP contribution is -2.45. The average molecular weight is 383 g/mol. The third-order valence-electron chi connectivity index (χ3n) is 4.80. The van der Waals surface area contributed by atoms with E-state index < -0.39 is 0 Å². The maximum Gasteiger partial charge on any atom is 0.272 e. The summed E-state index contributed by atoms with van der Waals surface area (Å²) < 4.78 is 5.20. The molecule has 1 aromatic carbocycles. The van der Waals surface area contributed by atoms with Crippen molar-refractivity contribution in [3.63, 3.8) is 0 Å². The highest BCUT2D eigenvalue weighted by Gasteiger charge is 2.26. The molecule has 1 atom stereocenters. The molecule has 0 saturated carbocycles. The Morgan fingerprint density at radius 3 is 2.75 bits per heavy atom. The van der Waals surface area contributed by atoms with Gasteiger partial charge < -0.3 is 20.7 Å². The van der Waals surface area contributed by atoms with E-state index in [1.54, 1.807) is 13.2 Å². The van der Waals surface area contributed by atoms with E-state index in [0.29, 0.717) is 18.2 Å². The van der Waals surface area contributed by atoms with Crippen molar-refractivity contribution in [3.8, 4) is 5.75 Å². The highest BCUT2D eigenvalue weighted by Crippen LogP contribution is 2.20. The number of methoxy groups -OCH3 is 1. The van der Waals surface area contributed by atoms with Crippen LogP contribution in [0.3, 0.4) is 0 Å². The Morgan fingerprint density at radius 2 is 2.07 bits per heavy atom. The van der Waals surface area contributed by atoms with Crippen molar-refractivity contribution in [3.05, 3.63) is 41.7 Å². The lowest BCUT2D eigenvalue weighted by atomic mass is 10.0. The molecule has 2 heterocycles. The molecule has 1 aliphatic heterocycles. The summed E-state index contributed by atoms with van der Waals surface area (Å²) in [5, 5.41) is 3.51. The first kappa shape index (κ1) is 19.9. The topological polar surface area (TPSA) is 93.4 Å². The van der Waals surface area contributed by atoms with Gasteiger partial charge in [0.2, 0.25) is 5.95 Å². The molecular formula is C21H29N5O2. The number of benzene rings is 1. The first-order valence-corrected chi connectivity index (χ1v) is 9.78. The summed E-state index contributed by atoms with van der Waals surface area (Å²) in [5.41, 5.74) is 8.06. The summed E-state index contributed by atoms with van der Waals surface area (Å²) in [6.45, 7) is 5.58. The van der Waals surface area contributed by atoms with Crippen LogP contribution in [0.4, 0.5) is 11.6 Å². The summed E-state index contributed by atoms with van der Waals surface area (Å²) in [4.78, 5) is 23.3. The maximum atomic E-state index is 13.0. The van der Waals surface area contributed by atoms with Crippen molar-refractivity contribution in [1.29, 1.82) is 0 Å². The second kappa shape index (κ2) is 8.91. The van der Waals surface area contributed by atoms with Crippen molar-refractivity contribution in [2.24, 2.45) is 5.92 Å². The van der Waals surface area contributed by atoms with Gasteiger partial charge in [-0.05, 0) is 55.5 Å². The summed E-state index contributed by atoms with van der Waals surface area (Å²) in [6, 6.07) is 9.80. The van der Waals surface area contributed by atoms with Crippen LogP contribution in [0.5, 0.6) is 5.75 Å². The molecule has 28 heavy (non-hydrogen) atoms. The van der Waals surface area contributed by atoms with Gasteiger partial charge in [-0.3, -0.25) is 4.79 Å². The van der Waals surface area contributed by atoms with Gasteiger partial charge in [0.1, 0.15) is 11.4 Å². The van der Waals surface area contributed by atoms with Gasteiger partial charge in [0.15, 0.2) is 0 Å². The van der Waals surface area contributed by atoms with Gasteiger partial charge in [0.05, 0.1) is 7.11 Å². The molecule has 0 spiro atoms. The molecule has 3 N–H and O–H groups in total. The molecule has 7 heteroatoms. The number of amides is 1. The van der Waals surface area contributed by atoms with E-state index in [1.165, 1.54) is 0 Å². The van der Waals surface area contributed by atoms with Crippen molar-refractivity contribution in [2.45, 2.75) is 39.2 Å². The minimum atomic E-state index is -0.0830. The van der Waals surface area contributed by atoms with E-state index in [2.05, 4.69) is 29.1 Å². The second-order valence-corrected chi connectivity index (χ2v) is 7.66. The van der Waals surface area contributed by atoms with Crippen LogP contribution in [0, 0.1) is 5.92 Å². The SMILES string of the molecule is COc1ccc(N[C@H]2CCCN(C(=O)c3cc(CC(C)C)nc(N)n3)C2)cc1. The summed E-state index contributed by atoms with van der Waals surface area (Å²) in [5.74, 6) is 1.33. The molecule has 0 bridgehead atoms. The molecule has 0 radical (unpaired) electrons. The number of rotatable bonds is 6. The normalized spacial score (nSPS) is 16.9. The smallest absolute Gasteiger partial charge is 0.272 e. The Bertz CT molecular complexity index is 807. The summed E-state index contributed by atoms with van der Waals surface area (Å²) >= 11 is 0. The number of nitrogens with two attached hydrogens (primary N) is 1. The van der Waals surface area contributed by atoms with E-state index in [9.17, 15) is 4.79 Å². The van der Waals surface area contributed by atoms with Crippen molar-refractivity contribution in [2.75, 3.05) is 31.2 Å². The van der Waals surface area contributed by atoms with Gasteiger partial charge in [-0.15, -0.1) is 0 Å². The second-order valence-electron chi connectivity index (χ2n) is 7.66. The largest absolute Gasteiger partial charge is 0.497 e. The van der Waals surface area contributed by atoms with Crippen LogP contribution in [0.25, 0.3) is 0 Å². The zero-order valence-electron chi connectivity index (χ0n) is 16.8. The quantitative estimate of drug-likeness (QED) is 0.796. The van der Waals surface area contributed by atoms with Crippen LogP contribution >= 0.6 is 0 Å². The van der Waals surface area contributed by atoms with E-state index >= 15 is 0 Å². The molecular weight excluding hydrogens is 354 g/mol. The number of nitrogens with zero attached hydrogens (tertiary/aromatic N) is 3. The predicted molar refractivity (Wildman–Crippen MR) is 111 cm³/mol. The Morgan fingerprint density at radius 1 is 1.32 bits per heavy atom. The van der Waals surface area contributed by atoms with E-state index in [-0.39, 0.29) is 17.9 Å². The number of nitrogens with one attached hydrogen (secondary N) is 1. The molecule has 2 aromatic rings. The van der Waals surface area contributed by atoms with Crippen LogP contribution in [-0.4, -0.2) is 47.0 Å². The van der Waals surface area contributed by atoms with Crippen LogP contribution in [0.1, 0.15) is 42.9 Å². The Hall–Kier alpha value is -2.83. The highest BCUT2D eigenvalue weighted by atomic mass is 16.5. The number of ether oxygens (including phenoxy) is 1. The monoisotopic (exact) mass is 383 g/mol. The van der Waals surface area contributed by atoms with Crippen molar-refractivity contribution < 1.29 is 9.53 Å². The van der Waals surface area contributed by atoms with E-state index in [0.717, 1.165) is 42.9 Å². The minimum absolute atomic E-state index is 0.0830. The number of anilines is 2. The van der Waals surface area contributed by atoms with Gasteiger partial charge in [-0.25, -0.2) is 9.97 Å². The number of nitrogen functional groups attached to an aromatic ring is 1. The molecule has 0 unspecified atom stereocenters. The highest BCUT2D eigenvalue weighted by molar-refractivity contribution is 5.92. The fourth-order valence-corrected chi connectivity index (χ4v) is 3.51. The van der Waals surface area contributed by atoms with Gasteiger partial charge in [-0.2, -0.15) is 0 Å². The van der Waals surface area contributed by atoms with Crippen molar-refractivity contribution in [1.82, 2.24) is 14.9 Å². The molecule has 0 aliphatic carbocycles. The van der Waals surface area contributed by atoms with Gasteiger partial charge in [-0.1, -0.05) is 13.8 Å². The molecule has 1 fully saturated rings. The molecule has 1 saturated heterocycles. The maximum absolute atomic E-state index is 13.0. The third-order valence-corrected chi connectivity index (χ3v) is 4.80. The fraction of sp³-hybridized carbons (Fsp3) is 0.476. The molecule has 150 valence electrons. The van der Waals surface area contributed by atoms with Crippen LogP contribution < -0.4 is 15.8 Å². The molecule has 1 aliphatic rings. The number of aromatic nitrogens is 2. The number of piperidine rings is 1. The number of hydrogen-bond donors (Lipinski definition) is 2. The summed E-state index contributed by atoms with van der Waals surface area (Å²) in [7, 11) is 1.65. The molecule has 3 rings (SSSR count). The van der Waals surface area contributed by atoms with Crippen molar-refractivity contribution >= 4 is 17.5 Å². The molecule has 7 nitrogen and oxygen atoms in total. The third kappa shape index (κ3) is 5.12. The number of carbonyl (C=O) groups excluding carboxylic acids is 1. The summed E-state index contributed by atoms with van der Waals surface area (Å²) in [6.07, 6.45) is 2.73. The van der Waals surface area contributed by atoms with Gasteiger partial charge >= 0.3 is 0 Å². The zero-order valence-corrected chi connectivity index (χ0v) is 16.8. The Kier molecular flexibility index (Phi) is 6.34. The lowest BCUT2D eigenvalue weighted by Gasteiger charge is -2.33. The number of carbonyl (C=O) groups is 1. The Labute approximate surface area is 166 Å². The minimum Gasteiger partial charge on any atom is -0.497 e. The number of likely N-dealkylation sites (tertiary alicyclic amines) is 1. The van der Waals surface area contributed by atoms with E-state index in [4.69, 9.17) is 10.5 Å². The van der Waals surface area contributed by atoms with E-state index in [1.807, 2.05) is 29.2 Å². The van der Waals surface area contributed by atoms with Crippen LogP contribution in [0.15, 0.2) is 30.3 Å². The Balaban J connectivity index is 1.67. The molecule has 1 aromatic heterocycles. The predicted octanol–water partition coefficient (Wildman–Crippen LogP) is 2.98. The van der Waals surface area contributed by atoms with Gasteiger partial charge in [0.25, 0.3) is 5.91 Å². The molecule has 1 amide bonds. The fourth-order valence-electron chi connectivity index (χ4n) is 3.51.